The molecule has 1 N–H and O–H groups in total. The van der Waals surface area contributed by atoms with E-state index in [0.717, 1.165) is 23.4 Å². The van der Waals surface area contributed by atoms with Gasteiger partial charge in [0.15, 0.2) is 0 Å². The minimum absolute atomic E-state index is 0.741. The molecule has 1 nitrogen and oxygen atoms in total. The van der Waals surface area contributed by atoms with Crippen LogP contribution in [0, 0.1) is 11.3 Å². The van der Waals surface area contributed by atoms with E-state index in [1.165, 1.54) is 70.6 Å². The van der Waals surface area contributed by atoms with Crippen LogP contribution in [0.25, 0.3) is 0 Å². The zero-order valence-electron chi connectivity index (χ0n) is 11.5. The van der Waals surface area contributed by atoms with Crippen molar-refractivity contribution >= 4 is 0 Å². The van der Waals surface area contributed by atoms with Crippen LogP contribution < -0.4 is 5.32 Å². The monoisotopic (exact) mass is 235 g/mol. The van der Waals surface area contributed by atoms with Crippen LogP contribution >= 0.6 is 0 Å². The highest BCUT2D eigenvalue weighted by Crippen LogP contribution is 2.52. The van der Waals surface area contributed by atoms with Crippen LogP contribution in [0.4, 0.5) is 0 Å². The van der Waals surface area contributed by atoms with Crippen molar-refractivity contribution in [3.8, 4) is 0 Å². The predicted molar refractivity (Wildman–Crippen MR) is 73.1 cm³/mol. The largest absolute Gasteiger partial charge is 0.311 e. The Morgan fingerprint density at radius 1 is 0.882 bits per heavy atom. The molecule has 1 heteroatoms. The lowest BCUT2D eigenvalue weighted by atomic mass is 9.57. The Hall–Kier alpha value is -0.0400. The molecule has 3 rings (SSSR count). The predicted octanol–water partition coefficient (Wildman–Crippen LogP) is 4.27. The summed E-state index contributed by atoms with van der Waals surface area (Å²) in [5, 5.41) is 4.02. The molecule has 0 aromatic carbocycles. The van der Waals surface area contributed by atoms with Crippen molar-refractivity contribution in [3.05, 3.63) is 0 Å². The van der Waals surface area contributed by atoms with E-state index in [9.17, 15) is 0 Å². The molecule has 0 saturated heterocycles. The smallest absolute Gasteiger partial charge is 0.0126 e. The average molecular weight is 235 g/mol. The number of nitrogens with one attached hydrogen (secondary N) is 1. The fraction of sp³-hybridized carbons (Fsp3) is 1.00. The third kappa shape index (κ3) is 2.28. The minimum atomic E-state index is 0.741. The van der Waals surface area contributed by atoms with E-state index in [0.29, 0.717) is 0 Å². The first-order valence-corrected chi connectivity index (χ1v) is 8.06. The van der Waals surface area contributed by atoms with Crippen LogP contribution in [0.5, 0.6) is 0 Å². The molecule has 1 spiro atoms. The molecule has 0 bridgehead atoms. The summed E-state index contributed by atoms with van der Waals surface area (Å²) >= 11 is 0. The molecule has 0 amide bonds. The Balaban J connectivity index is 1.54. The van der Waals surface area contributed by atoms with Crippen molar-refractivity contribution < 1.29 is 0 Å². The fourth-order valence-corrected chi connectivity index (χ4v) is 4.72. The van der Waals surface area contributed by atoms with Crippen LogP contribution in [0.2, 0.25) is 0 Å². The molecule has 0 aromatic rings. The molecule has 3 aliphatic carbocycles. The molecule has 98 valence electrons. The van der Waals surface area contributed by atoms with Gasteiger partial charge in [-0.05, 0) is 56.8 Å². The first-order chi connectivity index (χ1) is 8.30. The molecule has 3 saturated carbocycles. The average Bonchev–Trinajstić information content (AvgIpc) is 2.89. The zero-order valence-corrected chi connectivity index (χ0v) is 11.5. The Labute approximate surface area is 107 Å². The van der Waals surface area contributed by atoms with E-state index >= 15 is 0 Å². The van der Waals surface area contributed by atoms with E-state index in [1.807, 2.05) is 0 Å². The van der Waals surface area contributed by atoms with E-state index in [4.69, 9.17) is 0 Å². The highest BCUT2D eigenvalue weighted by atomic mass is 15.0. The Morgan fingerprint density at radius 2 is 1.59 bits per heavy atom. The van der Waals surface area contributed by atoms with Gasteiger partial charge < -0.3 is 5.32 Å². The van der Waals surface area contributed by atoms with Crippen LogP contribution in [0.15, 0.2) is 0 Å². The molecule has 0 heterocycles. The van der Waals surface area contributed by atoms with Crippen LogP contribution in [0.3, 0.4) is 0 Å². The van der Waals surface area contributed by atoms with Crippen LogP contribution in [-0.2, 0) is 0 Å². The van der Waals surface area contributed by atoms with Crippen molar-refractivity contribution in [1.29, 1.82) is 0 Å². The molecular weight excluding hydrogens is 206 g/mol. The summed E-state index contributed by atoms with van der Waals surface area (Å²) in [6.07, 6.45) is 16.4. The highest BCUT2D eigenvalue weighted by Gasteiger charge is 2.47. The SMILES string of the molecule is CC(NC1CCC12CCCCC2)C1CCCC1. The van der Waals surface area contributed by atoms with Gasteiger partial charge in [0.1, 0.15) is 0 Å². The summed E-state index contributed by atoms with van der Waals surface area (Å²) in [5.74, 6) is 0.983. The lowest BCUT2D eigenvalue weighted by Gasteiger charge is -2.54. The van der Waals surface area contributed by atoms with Gasteiger partial charge in [0.2, 0.25) is 0 Å². The van der Waals surface area contributed by atoms with E-state index in [1.54, 1.807) is 0 Å². The maximum Gasteiger partial charge on any atom is 0.0126 e. The summed E-state index contributed by atoms with van der Waals surface area (Å²) in [6, 6.07) is 1.65. The second-order valence-electron chi connectivity index (χ2n) is 7.01. The lowest BCUT2D eigenvalue weighted by Crippen LogP contribution is -2.57. The summed E-state index contributed by atoms with van der Waals surface area (Å²) in [7, 11) is 0. The molecule has 17 heavy (non-hydrogen) atoms. The number of rotatable bonds is 3. The van der Waals surface area contributed by atoms with Crippen LogP contribution in [-0.4, -0.2) is 12.1 Å². The normalized spacial score (nSPS) is 34.8. The minimum Gasteiger partial charge on any atom is -0.311 e. The van der Waals surface area contributed by atoms with Crippen molar-refractivity contribution in [1.82, 2.24) is 5.32 Å². The summed E-state index contributed by atoms with van der Waals surface area (Å²) in [4.78, 5) is 0. The van der Waals surface area contributed by atoms with Crippen molar-refractivity contribution in [2.24, 2.45) is 11.3 Å². The Bertz CT molecular complexity index is 248. The van der Waals surface area contributed by atoms with Gasteiger partial charge in [-0.1, -0.05) is 32.1 Å². The van der Waals surface area contributed by atoms with Gasteiger partial charge in [0, 0.05) is 12.1 Å². The number of hydrogen-bond donors (Lipinski definition) is 1. The van der Waals surface area contributed by atoms with Gasteiger partial charge in [-0.25, -0.2) is 0 Å². The third-order valence-corrected chi connectivity index (χ3v) is 6.09. The lowest BCUT2D eigenvalue weighted by molar-refractivity contribution is 0.0135. The topological polar surface area (TPSA) is 12.0 Å². The van der Waals surface area contributed by atoms with Gasteiger partial charge >= 0.3 is 0 Å². The van der Waals surface area contributed by atoms with E-state index in [-0.39, 0.29) is 0 Å². The highest BCUT2D eigenvalue weighted by molar-refractivity contribution is 5.02. The van der Waals surface area contributed by atoms with Crippen molar-refractivity contribution in [2.45, 2.75) is 89.6 Å². The summed E-state index contributed by atoms with van der Waals surface area (Å²) in [5.41, 5.74) is 0.741. The molecule has 2 unspecified atom stereocenters. The summed E-state index contributed by atoms with van der Waals surface area (Å²) < 4.78 is 0. The van der Waals surface area contributed by atoms with Gasteiger partial charge in [0.05, 0.1) is 0 Å². The fourth-order valence-electron chi connectivity index (χ4n) is 4.72. The van der Waals surface area contributed by atoms with E-state index < -0.39 is 0 Å². The summed E-state index contributed by atoms with van der Waals surface area (Å²) in [6.45, 7) is 2.45. The third-order valence-electron chi connectivity index (χ3n) is 6.09. The molecule has 0 aliphatic heterocycles. The first kappa shape index (κ1) is 12.0. The second-order valence-corrected chi connectivity index (χ2v) is 7.01. The maximum atomic E-state index is 4.02. The van der Waals surface area contributed by atoms with E-state index in [2.05, 4.69) is 12.2 Å². The molecule has 3 aliphatic rings. The zero-order chi connectivity index (χ0) is 11.7. The van der Waals surface area contributed by atoms with Crippen molar-refractivity contribution in [2.75, 3.05) is 0 Å². The maximum absolute atomic E-state index is 4.02. The first-order valence-electron chi connectivity index (χ1n) is 8.06. The molecule has 2 atom stereocenters. The number of hydrogen-bond acceptors (Lipinski definition) is 1. The van der Waals surface area contributed by atoms with Gasteiger partial charge in [-0.3, -0.25) is 0 Å². The quantitative estimate of drug-likeness (QED) is 0.770. The molecular formula is C16H29N. The standard InChI is InChI=1S/C16H29N/c1-13(14-7-3-4-8-14)17-15-9-12-16(15)10-5-2-6-11-16/h13-15,17H,2-12H2,1H3. The molecule has 0 aromatic heterocycles. The molecule has 3 fully saturated rings. The second kappa shape index (κ2) is 4.91. The van der Waals surface area contributed by atoms with Gasteiger partial charge in [-0.15, -0.1) is 0 Å². The Kier molecular flexibility index (Phi) is 3.47. The van der Waals surface area contributed by atoms with Crippen LogP contribution in [0.1, 0.15) is 77.6 Å². The van der Waals surface area contributed by atoms with Gasteiger partial charge in [-0.2, -0.15) is 0 Å². The Morgan fingerprint density at radius 3 is 2.18 bits per heavy atom. The van der Waals surface area contributed by atoms with Gasteiger partial charge in [0.25, 0.3) is 0 Å². The van der Waals surface area contributed by atoms with Crippen molar-refractivity contribution in [3.63, 3.8) is 0 Å². The molecule has 0 radical (unpaired) electrons.